The zero-order valence-corrected chi connectivity index (χ0v) is 27.8. The third-order valence-electron chi connectivity index (χ3n) is 13.9. The Kier molecular flexibility index (Phi) is 4.50. The van der Waals surface area contributed by atoms with E-state index in [2.05, 4.69) is 123 Å². The van der Waals surface area contributed by atoms with Crippen LogP contribution in [-0.4, -0.2) is 18.3 Å². The number of nitrogens with zero attached hydrogens (tertiary/aromatic N) is 2. The summed E-state index contributed by atoms with van der Waals surface area (Å²) in [4.78, 5) is 7.33. The van der Waals surface area contributed by atoms with Crippen LogP contribution >= 0.6 is 11.3 Å². The smallest absolute Gasteiger partial charge is 0.247 e. The van der Waals surface area contributed by atoms with Crippen LogP contribution in [0.25, 0.3) is 10.1 Å². The van der Waals surface area contributed by atoms with Crippen molar-refractivity contribution in [1.29, 1.82) is 0 Å². The SMILES string of the molecule is CC1C=CC2(C)C3=C1C(C)C1=C4B(c5ccccc5N(c5c2sc2ccccc52)C43)c2cccc3c2N1C1(C)CCCCC31C. The molecule has 0 saturated heterocycles. The quantitative estimate of drug-likeness (QED) is 0.147. The second-order valence-electron chi connectivity index (χ2n) is 15.7. The predicted octanol–water partition coefficient (Wildman–Crippen LogP) is 8.67. The van der Waals surface area contributed by atoms with Gasteiger partial charge in [-0.25, -0.2) is 0 Å². The van der Waals surface area contributed by atoms with E-state index >= 15 is 0 Å². The molecular formula is C41H39BN2S. The maximum absolute atomic E-state index is 2.98. The van der Waals surface area contributed by atoms with E-state index in [-0.39, 0.29) is 29.1 Å². The number of hydrogen-bond donors (Lipinski definition) is 0. The number of allylic oxidation sites excluding steroid dienone is 3. The van der Waals surface area contributed by atoms with E-state index in [1.54, 1.807) is 39.0 Å². The Morgan fingerprint density at radius 3 is 2.51 bits per heavy atom. The Bertz CT molecular complexity index is 2150. The number of hydrogen-bond acceptors (Lipinski definition) is 3. The predicted molar refractivity (Wildman–Crippen MR) is 191 cm³/mol. The molecule has 7 aliphatic rings. The molecule has 11 rings (SSSR count). The van der Waals surface area contributed by atoms with Crippen molar-refractivity contribution >= 4 is 56.1 Å². The van der Waals surface area contributed by atoms with Gasteiger partial charge in [0.2, 0.25) is 6.71 Å². The summed E-state index contributed by atoms with van der Waals surface area (Å²) in [5, 5.41) is 1.41. The second-order valence-corrected chi connectivity index (χ2v) is 16.8. The van der Waals surface area contributed by atoms with E-state index in [0.717, 1.165) is 0 Å². The summed E-state index contributed by atoms with van der Waals surface area (Å²) in [7, 11) is 0. The second kappa shape index (κ2) is 7.89. The van der Waals surface area contributed by atoms with E-state index in [0.29, 0.717) is 11.8 Å². The molecule has 0 bridgehead atoms. The molecule has 4 aliphatic heterocycles. The van der Waals surface area contributed by atoms with E-state index in [9.17, 15) is 0 Å². The number of fused-ring (bicyclic) bond motifs is 13. The molecule has 0 radical (unpaired) electrons. The monoisotopic (exact) mass is 602 g/mol. The first kappa shape index (κ1) is 25.7. The highest BCUT2D eigenvalue weighted by Gasteiger charge is 2.65. The van der Waals surface area contributed by atoms with Crippen LogP contribution in [0.15, 0.2) is 101 Å². The molecule has 45 heavy (non-hydrogen) atoms. The molecule has 4 aromatic rings. The zero-order valence-electron chi connectivity index (χ0n) is 26.9. The van der Waals surface area contributed by atoms with Crippen LogP contribution in [0, 0.1) is 11.8 Å². The maximum atomic E-state index is 2.98. The minimum Gasteiger partial charge on any atom is -0.339 e. The Morgan fingerprint density at radius 2 is 1.62 bits per heavy atom. The van der Waals surface area contributed by atoms with Gasteiger partial charge < -0.3 is 9.80 Å². The third-order valence-corrected chi connectivity index (χ3v) is 15.3. The number of thiophene rings is 1. The number of rotatable bonds is 0. The van der Waals surface area contributed by atoms with E-state index in [1.165, 1.54) is 57.5 Å². The summed E-state index contributed by atoms with van der Waals surface area (Å²) < 4.78 is 1.40. The fraction of sp³-hybridized carbons (Fsp3) is 0.366. The van der Waals surface area contributed by atoms with Crippen molar-refractivity contribution in [2.45, 2.75) is 82.7 Å². The first-order chi connectivity index (χ1) is 21.8. The summed E-state index contributed by atoms with van der Waals surface area (Å²) in [6, 6.07) is 26.3. The minimum absolute atomic E-state index is 0.0804. The van der Waals surface area contributed by atoms with Gasteiger partial charge in [0, 0.05) is 48.8 Å². The van der Waals surface area contributed by atoms with E-state index in [1.807, 2.05) is 11.3 Å². The molecule has 1 fully saturated rings. The highest BCUT2D eigenvalue weighted by atomic mass is 32.1. The van der Waals surface area contributed by atoms with Crippen LogP contribution < -0.4 is 20.7 Å². The van der Waals surface area contributed by atoms with Gasteiger partial charge in [0.15, 0.2) is 0 Å². The number of benzene rings is 3. The Labute approximate surface area is 271 Å². The van der Waals surface area contributed by atoms with Gasteiger partial charge in [-0.3, -0.25) is 0 Å². The van der Waals surface area contributed by atoms with Crippen LogP contribution in [0.5, 0.6) is 0 Å². The van der Waals surface area contributed by atoms with Crippen molar-refractivity contribution in [3.05, 3.63) is 112 Å². The summed E-state index contributed by atoms with van der Waals surface area (Å²) in [5.74, 6) is 0.800. The van der Waals surface area contributed by atoms with Crippen LogP contribution in [0.2, 0.25) is 0 Å². The van der Waals surface area contributed by atoms with Gasteiger partial charge in [-0.05, 0) is 72.3 Å². The molecule has 1 aromatic heterocycles. The lowest BCUT2D eigenvalue weighted by Crippen LogP contribution is -2.68. The van der Waals surface area contributed by atoms with Gasteiger partial charge in [-0.15, -0.1) is 11.3 Å². The molecule has 1 saturated carbocycles. The molecule has 3 aromatic carbocycles. The molecule has 2 nitrogen and oxygen atoms in total. The molecule has 5 heterocycles. The number of para-hydroxylation sites is 2. The molecule has 222 valence electrons. The molecule has 0 spiro atoms. The Morgan fingerprint density at radius 1 is 0.844 bits per heavy atom. The lowest BCUT2D eigenvalue weighted by atomic mass is 9.29. The van der Waals surface area contributed by atoms with Crippen molar-refractivity contribution < 1.29 is 0 Å². The standard InChI is InChI=1S/C41H39BN2S/c1-23-19-22-39(3)32-31(23)24(2)34-33-37(32)43(35-25-13-6-9-18-30(25)45-38(35)39)29-17-8-7-15-27(29)42(33)28-16-12-14-26-36(28)44(34)41(5)21-11-10-20-40(26,41)4/h6-9,12-19,22-24,37H,10-11,20-21H2,1-5H3. The van der Waals surface area contributed by atoms with Gasteiger partial charge in [-0.2, -0.15) is 0 Å². The molecular weight excluding hydrogens is 563 g/mol. The summed E-state index contributed by atoms with van der Waals surface area (Å²) in [6.45, 7) is 13.1. The third kappa shape index (κ3) is 2.58. The molecule has 6 unspecified atom stereocenters. The highest BCUT2D eigenvalue weighted by molar-refractivity contribution is 7.20. The largest absolute Gasteiger partial charge is 0.339 e. The lowest BCUT2D eigenvalue weighted by Gasteiger charge is -2.61. The average Bonchev–Trinajstić information content (AvgIpc) is 3.54. The maximum Gasteiger partial charge on any atom is 0.247 e. The van der Waals surface area contributed by atoms with Gasteiger partial charge in [-0.1, -0.05) is 106 Å². The zero-order chi connectivity index (χ0) is 30.2. The summed E-state index contributed by atoms with van der Waals surface area (Å²) in [5.41, 5.74) is 15.9. The minimum atomic E-state index is -0.109. The fourth-order valence-electron chi connectivity index (χ4n) is 11.8. The van der Waals surface area contributed by atoms with Crippen LogP contribution in [0.3, 0.4) is 0 Å². The Hall–Kier alpha value is -3.50. The average molecular weight is 603 g/mol. The molecule has 0 N–H and O–H groups in total. The Balaban J connectivity index is 1.33. The lowest BCUT2D eigenvalue weighted by molar-refractivity contribution is 0.188. The molecule has 4 heteroatoms. The fourth-order valence-corrected chi connectivity index (χ4v) is 13.1. The van der Waals surface area contributed by atoms with Gasteiger partial charge in [0.25, 0.3) is 0 Å². The van der Waals surface area contributed by atoms with Crippen LogP contribution in [-0.2, 0) is 10.8 Å². The highest BCUT2D eigenvalue weighted by Crippen LogP contribution is 2.67. The van der Waals surface area contributed by atoms with Crippen molar-refractivity contribution in [2.24, 2.45) is 11.8 Å². The summed E-state index contributed by atoms with van der Waals surface area (Å²) in [6.07, 6.45) is 10.3. The van der Waals surface area contributed by atoms with Crippen LogP contribution in [0.1, 0.15) is 70.7 Å². The first-order valence-corrected chi connectivity index (χ1v) is 18.1. The van der Waals surface area contributed by atoms with Crippen LogP contribution in [0.4, 0.5) is 17.1 Å². The topological polar surface area (TPSA) is 6.48 Å². The summed E-state index contributed by atoms with van der Waals surface area (Å²) >= 11 is 2.03. The van der Waals surface area contributed by atoms with Gasteiger partial charge in [0.05, 0.1) is 17.3 Å². The van der Waals surface area contributed by atoms with Gasteiger partial charge in [0.1, 0.15) is 0 Å². The van der Waals surface area contributed by atoms with Crippen molar-refractivity contribution in [3.63, 3.8) is 0 Å². The normalized spacial score (nSPS) is 34.5. The van der Waals surface area contributed by atoms with E-state index in [4.69, 9.17) is 0 Å². The van der Waals surface area contributed by atoms with Crippen molar-refractivity contribution in [2.75, 3.05) is 9.80 Å². The van der Waals surface area contributed by atoms with Crippen molar-refractivity contribution in [3.8, 4) is 0 Å². The van der Waals surface area contributed by atoms with Gasteiger partial charge >= 0.3 is 0 Å². The molecule has 3 aliphatic carbocycles. The molecule has 0 amide bonds. The number of anilines is 3. The van der Waals surface area contributed by atoms with Crippen molar-refractivity contribution in [1.82, 2.24) is 0 Å². The first-order valence-electron chi connectivity index (χ1n) is 17.3. The molecule has 6 atom stereocenters. The van der Waals surface area contributed by atoms with E-state index < -0.39 is 0 Å².